The molecule has 0 aliphatic carbocycles. The van der Waals surface area contributed by atoms with E-state index < -0.39 is 0 Å². The lowest BCUT2D eigenvalue weighted by atomic mass is 9.99. The maximum atomic E-state index is 6.12. The Kier molecular flexibility index (Phi) is 9.58. The molecule has 0 radical (unpaired) electrons. The maximum Gasteiger partial charge on any atom is 0.134 e. The van der Waals surface area contributed by atoms with Crippen LogP contribution in [0.15, 0.2) is 91.1 Å². The van der Waals surface area contributed by atoms with Crippen LogP contribution in [0.1, 0.15) is 18.4 Å². The lowest BCUT2D eigenvalue weighted by Gasteiger charge is -2.33. The second-order valence-corrected chi connectivity index (χ2v) is 10.3. The highest BCUT2D eigenvalue weighted by Gasteiger charge is 2.21. The van der Waals surface area contributed by atoms with Gasteiger partial charge in [0.2, 0.25) is 0 Å². The first kappa shape index (κ1) is 29.0. The highest BCUT2D eigenvalue weighted by molar-refractivity contribution is 6.30. The van der Waals surface area contributed by atoms with Gasteiger partial charge in [0.15, 0.2) is 0 Å². The molecular weight excluding hydrogens is 549 g/mol. The lowest BCUT2D eigenvalue weighted by Crippen LogP contribution is -2.38. The van der Waals surface area contributed by atoms with Crippen molar-refractivity contribution in [3.05, 3.63) is 102 Å². The number of methoxy groups -OCH3 is 1. The van der Waals surface area contributed by atoms with Gasteiger partial charge in [0, 0.05) is 47.8 Å². The normalized spacial score (nSPS) is 14.0. The second kappa shape index (κ2) is 12.9. The Labute approximate surface area is 247 Å². The van der Waals surface area contributed by atoms with E-state index >= 15 is 0 Å². The second-order valence-electron chi connectivity index (χ2n) is 9.82. The summed E-state index contributed by atoms with van der Waals surface area (Å²) in [5.41, 5.74) is 3.56. The summed E-state index contributed by atoms with van der Waals surface area (Å²) in [5.74, 6) is 1.75. The molecule has 0 amide bonds. The van der Waals surface area contributed by atoms with Gasteiger partial charge in [-0.15, -0.1) is 24.8 Å². The number of anilines is 1. The lowest BCUT2D eigenvalue weighted by molar-refractivity contribution is 0.211. The summed E-state index contributed by atoms with van der Waals surface area (Å²) in [7, 11) is 1.70. The highest BCUT2D eigenvalue weighted by Crippen LogP contribution is 2.35. The van der Waals surface area contributed by atoms with Crippen LogP contribution in [0.3, 0.4) is 0 Å². The smallest absolute Gasteiger partial charge is 0.134 e. The Morgan fingerprint density at radius 3 is 2.36 bits per heavy atom. The van der Waals surface area contributed by atoms with E-state index in [1.807, 2.05) is 36.5 Å². The zero-order chi connectivity index (χ0) is 25.2. The average Bonchev–Trinajstić information content (AvgIpc) is 2.94. The van der Waals surface area contributed by atoms with E-state index in [0.717, 1.165) is 71.0 Å². The van der Waals surface area contributed by atoms with Crippen LogP contribution in [0.2, 0.25) is 5.02 Å². The van der Waals surface area contributed by atoms with E-state index in [4.69, 9.17) is 21.3 Å². The third-order valence-electron chi connectivity index (χ3n) is 7.40. The van der Waals surface area contributed by atoms with E-state index in [9.17, 15) is 0 Å². The van der Waals surface area contributed by atoms with Crippen molar-refractivity contribution >= 4 is 63.8 Å². The number of nitrogens with one attached hydrogen (secondary N) is 1. The van der Waals surface area contributed by atoms with Crippen molar-refractivity contribution in [2.45, 2.75) is 25.4 Å². The van der Waals surface area contributed by atoms with E-state index in [1.165, 1.54) is 16.3 Å². The number of nitrogens with zero attached hydrogens (tertiary/aromatic N) is 2. The van der Waals surface area contributed by atoms with Gasteiger partial charge >= 0.3 is 0 Å². The van der Waals surface area contributed by atoms with Crippen LogP contribution in [0, 0.1) is 0 Å². The third-order valence-corrected chi connectivity index (χ3v) is 7.65. The molecule has 1 aliphatic rings. The molecule has 4 nitrogen and oxygen atoms in total. The standard InChI is InChI=1S/C32H30ClN3O.2ClH/c1-37-28-12-13-29-30(19-28)32(34-20-31(29)24-8-10-26(33)11-9-24)35-27-14-16-36(17-15-27)21-22-6-7-23-4-2-3-5-25(23)18-22;;/h2-13,18-20,27H,14-17,21H2,1H3,(H,34,35);2*1H. The summed E-state index contributed by atoms with van der Waals surface area (Å²) in [6, 6.07) is 29.9. The predicted molar refractivity (Wildman–Crippen MR) is 169 cm³/mol. The van der Waals surface area contributed by atoms with Gasteiger partial charge in [-0.2, -0.15) is 0 Å². The topological polar surface area (TPSA) is 37.4 Å². The number of likely N-dealkylation sites (tertiary alicyclic amines) is 1. The summed E-state index contributed by atoms with van der Waals surface area (Å²) >= 11 is 6.12. The molecule has 0 atom stereocenters. The molecule has 0 saturated carbocycles. The van der Waals surface area contributed by atoms with Crippen LogP contribution in [0.4, 0.5) is 5.82 Å². The number of hydrogen-bond donors (Lipinski definition) is 1. The quantitative estimate of drug-likeness (QED) is 0.218. The molecule has 6 rings (SSSR count). The summed E-state index contributed by atoms with van der Waals surface area (Å²) < 4.78 is 5.55. The minimum atomic E-state index is 0. The number of aromatic nitrogens is 1. The number of rotatable bonds is 6. The third kappa shape index (κ3) is 6.42. The van der Waals surface area contributed by atoms with Crippen molar-refractivity contribution in [2.75, 3.05) is 25.5 Å². The van der Waals surface area contributed by atoms with E-state index in [0.29, 0.717) is 6.04 Å². The van der Waals surface area contributed by atoms with Crippen molar-refractivity contribution in [3.8, 4) is 16.9 Å². The van der Waals surface area contributed by atoms with Crippen molar-refractivity contribution in [3.63, 3.8) is 0 Å². The van der Waals surface area contributed by atoms with Gasteiger partial charge in [-0.1, -0.05) is 60.1 Å². The zero-order valence-electron chi connectivity index (χ0n) is 21.8. The van der Waals surface area contributed by atoms with Crippen molar-refractivity contribution < 1.29 is 4.74 Å². The first-order valence-electron chi connectivity index (χ1n) is 12.9. The fraction of sp³-hybridized carbons (Fsp3) is 0.219. The van der Waals surface area contributed by atoms with Crippen LogP contribution >= 0.6 is 36.4 Å². The van der Waals surface area contributed by atoms with Crippen molar-refractivity contribution in [1.29, 1.82) is 0 Å². The van der Waals surface area contributed by atoms with Gasteiger partial charge in [-0.25, -0.2) is 4.98 Å². The van der Waals surface area contributed by atoms with E-state index in [2.05, 4.69) is 64.8 Å². The van der Waals surface area contributed by atoms with Crippen LogP contribution in [0.25, 0.3) is 32.7 Å². The van der Waals surface area contributed by atoms with Gasteiger partial charge in [0.1, 0.15) is 11.6 Å². The summed E-state index contributed by atoms with van der Waals surface area (Å²) in [6.07, 6.45) is 4.13. The van der Waals surface area contributed by atoms with Crippen LogP contribution < -0.4 is 10.1 Å². The number of benzene rings is 4. The van der Waals surface area contributed by atoms with Crippen LogP contribution in [0.5, 0.6) is 5.75 Å². The minimum absolute atomic E-state index is 0. The molecular formula is C32H32Cl3N3O. The molecule has 0 bridgehead atoms. The monoisotopic (exact) mass is 579 g/mol. The Balaban J connectivity index is 0.00000176. The largest absolute Gasteiger partial charge is 0.497 e. The van der Waals surface area contributed by atoms with Crippen molar-refractivity contribution in [2.24, 2.45) is 0 Å². The molecule has 1 aromatic heterocycles. The summed E-state index contributed by atoms with van der Waals surface area (Å²) in [5, 5.41) is 9.32. The molecule has 2 heterocycles. The fourth-order valence-corrected chi connectivity index (χ4v) is 5.47. The molecule has 1 fully saturated rings. The van der Waals surface area contributed by atoms with E-state index in [-0.39, 0.29) is 24.8 Å². The predicted octanol–water partition coefficient (Wildman–Crippen LogP) is 8.64. The number of halogens is 3. The van der Waals surface area contributed by atoms with E-state index in [1.54, 1.807) is 7.11 Å². The molecule has 1 saturated heterocycles. The first-order chi connectivity index (χ1) is 18.2. The molecule has 202 valence electrons. The zero-order valence-corrected chi connectivity index (χ0v) is 24.2. The van der Waals surface area contributed by atoms with Gasteiger partial charge < -0.3 is 10.1 Å². The van der Waals surface area contributed by atoms with Gasteiger partial charge in [0.05, 0.1) is 7.11 Å². The molecule has 1 aliphatic heterocycles. The fourth-order valence-electron chi connectivity index (χ4n) is 5.35. The Morgan fingerprint density at radius 2 is 1.62 bits per heavy atom. The van der Waals surface area contributed by atoms with Crippen molar-refractivity contribution in [1.82, 2.24) is 9.88 Å². The number of fused-ring (bicyclic) bond motifs is 2. The minimum Gasteiger partial charge on any atom is -0.497 e. The van der Waals surface area contributed by atoms with Crippen LogP contribution in [-0.4, -0.2) is 36.1 Å². The Bertz CT molecular complexity index is 1550. The number of pyridine rings is 1. The number of piperidine rings is 1. The molecule has 0 unspecified atom stereocenters. The van der Waals surface area contributed by atoms with Gasteiger partial charge in [-0.3, -0.25) is 4.90 Å². The summed E-state index contributed by atoms with van der Waals surface area (Å²) in [4.78, 5) is 7.43. The van der Waals surface area contributed by atoms with Gasteiger partial charge in [0.25, 0.3) is 0 Å². The molecule has 39 heavy (non-hydrogen) atoms. The molecule has 4 aromatic carbocycles. The number of ether oxygens (including phenoxy) is 1. The molecule has 7 heteroatoms. The number of hydrogen-bond acceptors (Lipinski definition) is 4. The van der Waals surface area contributed by atoms with Gasteiger partial charge in [-0.05, 0) is 76.5 Å². The SMILES string of the molecule is COc1ccc2c(-c3ccc(Cl)cc3)cnc(NC3CCN(Cc4ccc5ccccc5c4)CC3)c2c1.Cl.Cl. The van der Waals surface area contributed by atoms with Crippen LogP contribution in [-0.2, 0) is 6.54 Å². The highest BCUT2D eigenvalue weighted by atomic mass is 35.5. The average molecular weight is 581 g/mol. The maximum absolute atomic E-state index is 6.12. The first-order valence-corrected chi connectivity index (χ1v) is 13.2. The molecule has 5 aromatic rings. The molecule has 0 spiro atoms. The molecule has 1 N–H and O–H groups in total. The Morgan fingerprint density at radius 1 is 0.872 bits per heavy atom. The Hall–Kier alpha value is -3.02. The summed E-state index contributed by atoms with van der Waals surface area (Å²) in [6.45, 7) is 3.12.